The third-order valence-electron chi connectivity index (χ3n) is 7.81. The summed E-state index contributed by atoms with van der Waals surface area (Å²) in [6.07, 6.45) is 26.2. The van der Waals surface area contributed by atoms with Crippen molar-refractivity contribution >= 4 is 11.9 Å². The Morgan fingerprint density at radius 1 is 0.615 bits per heavy atom. The maximum atomic E-state index is 12.4. The first-order chi connectivity index (χ1) is 18.9. The second-order valence-electron chi connectivity index (χ2n) is 12.0. The van der Waals surface area contributed by atoms with Crippen LogP contribution in [-0.2, 0) is 19.1 Å². The number of hydrogen-bond donors (Lipinski definition) is 0. The first-order valence-corrected chi connectivity index (χ1v) is 16.9. The minimum atomic E-state index is -0.0160. The maximum absolute atomic E-state index is 12.4. The lowest BCUT2D eigenvalue weighted by molar-refractivity contribution is -0.150. The Kier molecular flexibility index (Phi) is 27.6. The summed E-state index contributed by atoms with van der Waals surface area (Å²) in [5, 5.41) is 0. The van der Waals surface area contributed by atoms with Gasteiger partial charge in [-0.25, -0.2) is 0 Å². The average molecular weight is 554 g/mol. The van der Waals surface area contributed by atoms with Gasteiger partial charge in [-0.15, -0.1) is 0 Å². The van der Waals surface area contributed by atoms with Crippen LogP contribution in [0.1, 0.15) is 168 Å². The summed E-state index contributed by atoms with van der Waals surface area (Å²) in [5.74, 6) is 0.0743. The minimum Gasteiger partial charge on any atom is -0.465 e. The SMILES string of the molecule is CCCCCCCCCCC(CCCCCCCCCOC(=O)C(CC)CCCC)OC(=O)CCCN(C)C. The standard InChI is InChI=1S/C34H67NO4/c1-6-9-11-12-13-15-18-21-26-32(39-33(36)28-24-29-35(4)5)27-22-19-16-14-17-20-23-30-38-34(37)31(8-3)25-10-7-2/h31-32H,6-30H2,1-5H3. The van der Waals surface area contributed by atoms with Crippen molar-refractivity contribution in [3.63, 3.8) is 0 Å². The van der Waals surface area contributed by atoms with E-state index in [1.165, 1.54) is 77.0 Å². The number of esters is 2. The third-order valence-corrected chi connectivity index (χ3v) is 7.81. The molecular formula is C34H67NO4. The predicted octanol–water partition coefficient (Wildman–Crippen LogP) is 9.65. The first kappa shape index (κ1) is 37.9. The highest BCUT2D eigenvalue weighted by Crippen LogP contribution is 2.19. The topological polar surface area (TPSA) is 55.8 Å². The van der Waals surface area contributed by atoms with E-state index in [2.05, 4.69) is 25.7 Å². The summed E-state index contributed by atoms with van der Waals surface area (Å²) in [4.78, 5) is 26.7. The summed E-state index contributed by atoms with van der Waals surface area (Å²) < 4.78 is 11.4. The molecule has 0 heterocycles. The van der Waals surface area contributed by atoms with Crippen molar-refractivity contribution in [1.82, 2.24) is 4.90 Å². The van der Waals surface area contributed by atoms with E-state index in [1.54, 1.807) is 0 Å². The molecule has 0 saturated carbocycles. The van der Waals surface area contributed by atoms with Crippen LogP contribution in [0.5, 0.6) is 0 Å². The molecule has 232 valence electrons. The van der Waals surface area contributed by atoms with Crippen molar-refractivity contribution in [2.75, 3.05) is 27.2 Å². The number of nitrogens with zero attached hydrogens (tertiary/aromatic N) is 1. The molecule has 5 heteroatoms. The number of hydrogen-bond acceptors (Lipinski definition) is 5. The van der Waals surface area contributed by atoms with E-state index in [-0.39, 0.29) is 24.0 Å². The molecule has 0 amide bonds. The highest BCUT2D eigenvalue weighted by Gasteiger charge is 2.17. The van der Waals surface area contributed by atoms with Crippen molar-refractivity contribution < 1.29 is 19.1 Å². The van der Waals surface area contributed by atoms with Crippen molar-refractivity contribution in [2.24, 2.45) is 5.92 Å². The van der Waals surface area contributed by atoms with Crippen molar-refractivity contribution in [3.8, 4) is 0 Å². The van der Waals surface area contributed by atoms with Gasteiger partial charge in [0.05, 0.1) is 12.5 Å². The van der Waals surface area contributed by atoms with Gasteiger partial charge < -0.3 is 14.4 Å². The summed E-state index contributed by atoms with van der Waals surface area (Å²) in [6.45, 7) is 8.01. The van der Waals surface area contributed by atoms with E-state index in [9.17, 15) is 9.59 Å². The largest absolute Gasteiger partial charge is 0.465 e. The minimum absolute atomic E-state index is 0.00544. The van der Waals surface area contributed by atoms with Gasteiger partial charge in [-0.3, -0.25) is 9.59 Å². The molecule has 0 radical (unpaired) electrons. The van der Waals surface area contributed by atoms with E-state index < -0.39 is 0 Å². The molecule has 0 rings (SSSR count). The van der Waals surface area contributed by atoms with Gasteiger partial charge in [-0.1, -0.05) is 111 Å². The van der Waals surface area contributed by atoms with Gasteiger partial charge >= 0.3 is 11.9 Å². The van der Waals surface area contributed by atoms with E-state index in [1.807, 2.05) is 14.1 Å². The van der Waals surface area contributed by atoms with Crippen LogP contribution in [0.25, 0.3) is 0 Å². The number of carbonyl (C=O) groups is 2. The fourth-order valence-corrected chi connectivity index (χ4v) is 5.14. The van der Waals surface area contributed by atoms with E-state index >= 15 is 0 Å². The predicted molar refractivity (Wildman–Crippen MR) is 166 cm³/mol. The molecule has 39 heavy (non-hydrogen) atoms. The number of ether oxygens (including phenoxy) is 2. The smallest absolute Gasteiger partial charge is 0.308 e. The van der Waals surface area contributed by atoms with Gasteiger partial charge in [0.15, 0.2) is 0 Å². The Bertz CT molecular complexity index is 551. The molecule has 0 aromatic heterocycles. The summed E-state index contributed by atoms with van der Waals surface area (Å²) in [7, 11) is 4.09. The van der Waals surface area contributed by atoms with Gasteiger partial charge in [0.1, 0.15) is 6.10 Å². The average Bonchev–Trinajstić information content (AvgIpc) is 2.91. The molecule has 2 unspecified atom stereocenters. The number of rotatable bonds is 29. The fraction of sp³-hybridized carbons (Fsp3) is 0.941. The Balaban J connectivity index is 4.04. The second-order valence-corrected chi connectivity index (χ2v) is 12.0. The molecule has 0 bridgehead atoms. The second kappa shape index (κ2) is 28.4. The van der Waals surface area contributed by atoms with E-state index in [0.717, 1.165) is 70.8 Å². The molecule has 0 aliphatic rings. The molecule has 5 nitrogen and oxygen atoms in total. The van der Waals surface area contributed by atoms with Gasteiger partial charge in [-0.2, -0.15) is 0 Å². The molecule has 0 aliphatic heterocycles. The normalized spacial score (nSPS) is 13.0. The van der Waals surface area contributed by atoms with E-state index in [4.69, 9.17) is 9.47 Å². The maximum Gasteiger partial charge on any atom is 0.308 e. The first-order valence-electron chi connectivity index (χ1n) is 16.9. The number of unbranched alkanes of at least 4 members (excludes halogenated alkanes) is 14. The van der Waals surface area contributed by atoms with Gasteiger partial charge in [-0.05, 0) is 72.0 Å². The lowest BCUT2D eigenvalue weighted by atomic mass is 10.00. The Morgan fingerprint density at radius 2 is 1.13 bits per heavy atom. The van der Waals surface area contributed by atoms with Crippen molar-refractivity contribution in [1.29, 1.82) is 0 Å². The monoisotopic (exact) mass is 554 g/mol. The molecule has 0 N–H and O–H groups in total. The molecule has 2 atom stereocenters. The Morgan fingerprint density at radius 3 is 1.64 bits per heavy atom. The zero-order valence-electron chi connectivity index (χ0n) is 26.9. The summed E-state index contributed by atoms with van der Waals surface area (Å²) in [5.41, 5.74) is 0. The van der Waals surface area contributed by atoms with Crippen LogP contribution in [-0.4, -0.2) is 50.2 Å². The highest BCUT2D eigenvalue weighted by molar-refractivity contribution is 5.72. The quantitative estimate of drug-likeness (QED) is 0.0681. The third kappa shape index (κ3) is 25.6. The molecule has 0 aromatic rings. The molecule has 0 saturated heterocycles. The Labute approximate surface area is 243 Å². The Hall–Kier alpha value is -1.10. The van der Waals surface area contributed by atoms with Crippen LogP contribution in [0.2, 0.25) is 0 Å². The van der Waals surface area contributed by atoms with Gasteiger partial charge in [0, 0.05) is 6.42 Å². The molecular weight excluding hydrogens is 486 g/mol. The number of carbonyl (C=O) groups excluding carboxylic acids is 2. The molecule has 0 aromatic carbocycles. The van der Waals surface area contributed by atoms with Crippen LogP contribution >= 0.6 is 0 Å². The van der Waals surface area contributed by atoms with Gasteiger partial charge in [0.2, 0.25) is 0 Å². The zero-order chi connectivity index (χ0) is 29.0. The fourth-order valence-electron chi connectivity index (χ4n) is 5.14. The van der Waals surface area contributed by atoms with E-state index in [0.29, 0.717) is 13.0 Å². The summed E-state index contributed by atoms with van der Waals surface area (Å²) >= 11 is 0. The lowest BCUT2D eigenvalue weighted by Crippen LogP contribution is -2.20. The van der Waals surface area contributed by atoms with Gasteiger partial charge in [0.25, 0.3) is 0 Å². The van der Waals surface area contributed by atoms with Crippen molar-refractivity contribution in [3.05, 3.63) is 0 Å². The van der Waals surface area contributed by atoms with Crippen molar-refractivity contribution in [2.45, 2.75) is 175 Å². The van der Waals surface area contributed by atoms with Crippen LogP contribution in [0.15, 0.2) is 0 Å². The van der Waals surface area contributed by atoms with Crippen LogP contribution in [0, 0.1) is 5.92 Å². The van der Waals surface area contributed by atoms with Crippen LogP contribution < -0.4 is 0 Å². The lowest BCUT2D eigenvalue weighted by Gasteiger charge is -2.18. The molecule has 0 aliphatic carbocycles. The zero-order valence-corrected chi connectivity index (χ0v) is 26.9. The summed E-state index contributed by atoms with van der Waals surface area (Å²) in [6, 6.07) is 0. The van der Waals surface area contributed by atoms with Crippen LogP contribution in [0.3, 0.4) is 0 Å². The molecule has 0 fully saturated rings. The van der Waals surface area contributed by atoms with Crippen LogP contribution in [0.4, 0.5) is 0 Å². The highest BCUT2D eigenvalue weighted by atomic mass is 16.5. The molecule has 0 spiro atoms.